The molecule has 0 aliphatic rings. The summed E-state index contributed by atoms with van der Waals surface area (Å²) in [5, 5.41) is 12.9. The molecule has 7 heteroatoms. The van der Waals surface area contributed by atoms with Gasteiger partial charge in [0.25, 0.3) is 11.6 Å². The maximum Gasteiger partial charge on any atom is 0.270 e. The van der Waals surface area contributed by atoms with Crippen molar-refractivity contribution in [1.82, 2.24) is 5.32 Å². The minimum atomic E-state index is -0.808. The van der Waals surface area contributed by atoms with Gasteiger partial charge >= 0.3 is 0 Å². The molecule has 0 radical (unpaired) electrons. The van der Waals surface area contributed by atoms with Gasteiger partial charge in [0.05, 0.1) is 10.5 Å². The van der Waals surface area contributed by atoms with Gasteiger partial charge in [0.2, 0.25) is 0 Å². The Bertz CT molecular complexity index is 450. The topological polar surface area (TPSA) is 98.3 Å². The lowest BCUT2D eigenvalue weighted by Gasteiger charge is -2.11. The largest absolute Gasteiger partial charge is 0.348 e. The minimum absolute atomic E-state index is 0.197. The van der Waals surface area contributed by atoms with Crippen LogP contribution in [0.4, 0.5) is 10.1 Å². The molecular formula is C10H12FN3O3. The highest BCUT2D eigenvalue weighted by Crippen LogP contribution is 2.16. The summed E-state index contributed by atoms with van der Waals surface area (Å²) in [6, 6.07) is 2.45. The number of hydrogen-bond donors (Lipinski definition) is 2. The molecule has 3 N–H and O–H groups in total. The lowest BCUT2D eigenvalue weighted by Crippen LogP contribution is -2.38. The van der Waals surface area contributed by atoms with Crippen LogP contribution in [0.1, 0.15) is 17.3 Å². The molecule has 0 saturated carbocycles. The summed E-state index contributed by atoms with van der Waals surface area (Å²) in [6.07, 6.45) is 0. The van der Waals surface area contributed by atoms with Gasteiger partial charge in [-0.15, -0.1) is 0 Å². The number of carbonyl (C=O) groups is 1. The number of nitrogens with one attached hydrogen (secondary N) is 1. The molecular weight excluding hydrogens is 229 g/mol. The Kier molecular flexibility index (Phi) is 4.11. The first-order valence-corrected chi connectivity index (χ1v) is 4.90. The minimum Gasteiger partial charge on any atom is -0.348 e. The highest BCUT2D eigenvalue weighted by Gasteiger charge is 2.17. The zero-order valence-electron chi connectivity index (χ0n) is 9.14. The quantitative estimate of drug-likeness (QED) is 0.602. The Hall–Kier alpha value is -2.02. The highest BCUT2D eigenvalue weighted by molar-refractivity contribution is 5.95. The van der Waals surface area contributed by atoms with Crippen LogP contribution in [-0.2, 0) is 0 Å². The summed E-state index contributed by atoms with van der Waals surface area (Å²) >= 11 is 0. The summed E-state index contributed by atoms with van der Waals surface area (Å²) in [7, 11) is 0. The molecule has 17 heavy (non-hydrogen) atoms. The van der Waals surface area contributed by atoms with Crippen LogP contribution in [0.15, 0.2) is 18.2 Å². The second kappa shape index (κ2) is 5.35. The van der Waals surface area contributed by atoms with Gasteiger partial charge in [-0.05, 0) is 13.0 Å². The second-order valence-corrected chi connectivity index (χ2v) is 3.53. The van der Waals surface area contributed by atoms with E-state index in [1.54, 1.807) is 6.92 Å². The number of benzene rings is 1. The Labute approximate surface area is 96.8 Å². The summed E-state index contributed by atoms with van der Waals surface area (Å²) in [4.78, 5) is 21.4. The predicted octanol–water partition coefficient (Wildman–Crippen LogP) is 0.811. The number of non-ortho nitro benzene ring substituents is 1. The maximum absolute atomic E-state index is 13.3. The molecule has 0 fully saturated rings. The molecule has 0 aromatic heterocycles. The molecule has 1 aromatic rings. The molecule has 0 saturated heterocycles. The number of nitrogens with zero attached hydrogens (tertiary/aromatic N) is 1. The van der Waals surface area contributed by atoms with Gasteiger partial charge in [0.1, 0.15) is 5.82 Å². The van der Waals surface area contributed by atoms with Crippen LogP contribution in [0.25, 0.3) is 0 Å². The van der Waals surface area contributed by atoms with Gasteiger partial charge in [-0.25, -0.2) is 4.39 Å². The molecule has 1 unspecified atom stereocenters. The van der Waals surface area contributed by atoms with Gasteiger partial charge in [0.15, 0.2) is 0 Å². The fourth-order valence-corrected chi connectivity index (χ4v) is 1.16. The maximum atomic E-state index is 13.3. The average molecular weight is 241 g/mol. The third-order valence-corrected chi connectivity index (χ3v) is 2.14. The van der Waals surface area contributed by atoms with Crippen molar-refractivity contribution in [3.63, 3.8) is 0 Å². The van der Waals surface area contributed by atoms with Crippen molar-refractivity contribution in [3.05, 3.63) is 39.7 Å². The number of rotatable bonds is 4. The first-order valence-electron chi connectivity index (χ1n) is 4.90. The Morgan fingerprint density at radius 2 is 2.29 bits per heavy atom. The lowest BCUT2D eigenvalue weighted by molar-refractivity contribution is -0.384. The van der Waals surface area contributed by atoms with E-state index in [4.69, 9.17) is 5.73 Å². The number of carbonyl (C=O) groups excluding carboxylic acids is 1. The van der Waals surface area contributed by atoms with Crippen LogP contribution in [0, 0.1) is 15.9 Å². The fourth-order valence-electron chi connectivity index (χ4n) is 1.16. The second-order valence-electron chi connectivity index (χ2n) is 3.53. The van der Waals surface area contributed by atoms with Crippen LogP contribution in [0.3, 0.4) is 0 Å². The van der Waals surface area contributed by atoms with Crippen molar-refractivity contribution in [2.75, 3.05) is 6.54 Å². The summed E-state index contributed by atoms with van der Waals surface area (Å²) in [5.41, 5.74) is 4.60. The fraction of sp³-hybridized carbons (Fsp3) is 0.300. The molecule has 0 heterocycles. The smallest absolute Gasteiger partial charge is 0.270 e. The van der Waals surface area contributed by atoms with Gasteiger partial charge in [-0.3, -0.25) is 14.9 Å². The Balaban J connectivity index is 3.00. The van der Waals surface area contributed by atoms with Crippen LogP contribution < -0.4 is 11.1 Å². The van der Waals surface area contributed by atoms with Gasteiger partial charge < -0.3 is 11.1 Å². The Morgan fingerprint density at radius 1 is 1.65 bits per heavy atom. The van der Waals surface area contributed by atoms with Crippen LogP contribution in [0.2, 0.25) is 0 Å². The van der Waals surface area contributed by atoms with E-state index in [-0.39, 0.29) is 23.8 Å². The zero-order chi connectivity index (χ0) is 13.0. The number of halogens is 1. The van der Waals surface area contributed by atoms with Gasteiger partial charge in [-0.2, -0.15) is 0 Å². The van der Waals surface area contributed by atoms with Crippen molar-refractivity contribution in [2.24, 2.45) is 5.73 Å². The molecule has 1 rings (SSSR count). The average Bonchev–Trinajstić information content (AvgIpc) is 2.28. The molecule has 0 aliphatic heterocycles. The molecule has 0 bridgehead atoms. The van der Waals surface area contributed by atoms with E-state index in [1.807, 2.05) is 0 Å². The molecule has 1 aromatic carbocycles. The van der Waals surface area contributed by atoms with Crippen molar-refractivity contribution < 1.29 is 14.1 Å². The standard InChI is InChI=1S/C10H12FN3O3/c1-6(5-12)13-10(15)8-4-7(14(16)17)2-3-9(8)11/h2-4,6H,5,12H2,1H3,(H,13,15). The monoisotopic (exact) mass is 241 g/mol. The molecule has 92 valence electrons. The molecule has 0 aliphatic carbocycles. The van der Waals surface area contributed by atoms with Crippen LogP contribution in [-0.4, -0.2) is 23.4 Å². The van der Waals surface area contributed by atoms with Crippen LogP contribution in [0.5, 0.6) is 0 Å². The lowest BCUT2D eigenvalue weighted by atomic mass is 10.1. The molecule has 6 nitrogen and oxygen atoms in total. The van der Waals surface area contributed by atoms with E-state index >= 15 is 0 Å². The van der Waals surface area contributed by atoms with E-state index in [9.17, 15) is 19.3 Å². The normalized spacial score (nSPS) is 11.9. The molecule has 1 amide bonds. The number of nitrogens with two attached hydrogens (primary N) is 1. The first kappa shape index (κ1) is 13.0. The SMILES string of the molecule is CC(CN)NC(=O)c1cc([N+](=O)[O-])ccc1F. The van der Waals surface area contributed by atoms with Crippen LogP contribution >= 0.6 is 0 Å². The number of amides is 1. The first-order chi connectivity index (χ1) is 7.95. The third-order valence-electron chi connectivity index (χ3n) is 2.14. The van der Waals surface area contributed by atoms with Crippen molar-refractivity contribution in [3.8, 4) is 0 Å². The van der Waals surface area contributed by atoms with Crippen molar-refractivity contribution >= 4 is 11.6 Å². The van der Waals surface area contributed by atoms with E-state index in [2.05, 4.69) is 5.32 Å². The number of nitro benzene ring substituents is 1. The van der Waals surface area contributed by atoms with Gasteiger partial charge in [-0.1, -0.05) is 0 Å². The van der Waals surface area contributed by atoms with Gasteiger partial charge in [0, 0.05) is 24.7 Å². The number of nitro groups is 1. The summed E-state index contributed by atoms with van der Waals surface area (Å²) in [5.74, 6) is -1.53. The van der Waals surface area contributed by atoms with Crippen molar-refractivity contribution in [2.45, 2.75) is 13.0 Å². The zero-order valence-corrected chi connectivity index (χ0v) is 9.14. The van der Waals surface area contributed by atoms with Crippen molar-refractivity contribution in [1.29, 1.82) is 0 Å². The molecule has 0 spiro atoms. The van der Waals surface area contributed by atoms with E-state index < -0.39 is 16.6 Å². The van der Waals surface area contributed by atoms with E-state index in [0.717, 1.165) is 18.2 Å². The summed E-state index contributed by atoms with van der Waals surface area (Å²) < 4.78 is 13.3. The molecule has 1 atom stereocenters. The van der Waals surface area contributed by atoms with E-state index in [1.165, 1.54) is 0 Å². The Morgan fingerprint density at radius 3 is 2.82 bits per heavy atom. The summed E-state index contributed by atoms with van der Waals surface area (Å²) in [6.45, 7) is 1.84. The van der Waals surface area contributed by atoms with E-state index in [0.29, 0.717) is 0 Å². The third kappa shape index (κ3) is 3.22. The number of hydrogen-bond acceptors (Lipinski definition) is 4. The predicted molar refractivity (Wildman–Crippen MR) is 59.0 cm³/mol. The highest BCUT2D eigenvalue weighted by atomic mass is 19.1.